The number of nitrogen functional groups attached to an aromatic ring is 1. The summed E-state index contributed by atoms with van der Waals surface area (Å²) in [7, 11) is 0. The molecular weight excluding hydrogens is 210 g/mol. The van der Waals surface area contributed by atoms with Crippen LogP contribution in [0.3, 0.4) is 0 Å². The Balaban J connectivity index is 2.21. The molecular formula is C12H16F2N2. The standard InChI is InChI=1S/C12H16F2N2/c1-7-3-2-4-11(7)16-12-9(13)5-8(15)6-10(12)14/h5-7,11,16H,2-4,15H2,1H3. The lowest BCUT2D eigenvalue weighted by Gasteiger charge is -2.19. The molecule has 16 heavy (non-hydrogen) atoms. The average Bonchev–Trinajstić information content (AvgIpc) is 2.57. The minimum absolute atomic E-state index is 0.0482. The zero-order valence-electron chi connectivity index (χ0n) is 9.26. The Hall–Kier alpha value is -1.32. The molecule has 4 heteroatoms. The van der Waals surface area contributed by atoms with Gasteiger partial charge < -0.3 is 11.1 Å². The van der Waals surface area contributed by atoms with Crippen molar-refractivity contribution in [1.29, 1.82) is 0 Å². The molecule has 2 atom stereocenters. The van der Waals surface area contributed by atoms with Gasteiger partial charge in [-0.15, -0.1) is 0 Å². The second kappa shape index (κ2) is 4.28. The van der Waals surface area contributed by atoms with Gasteiger partial charge >= 0.3 is 0 Å². The minimum atomic E-state index is -0.614. The number of anilines is 2. The summed E-state index contributed by atoms with van der Waals surface area (Å²) >= 11 is 0. The van der Waals surface area contributed by atoms with Crippen LogP contribution in [0.1, 0.15) is 26.2 Å². The lowest BCUT2D eigenvalue weighted by atomic mass is 10.1. The molecule has 2 rings (SSSR count). The van der Waals surface area contributed by atoms with Gasteiger partial charge in [-0.05, 0) is 30.9 Å². The van der Waals surface area contributed by atoms with Gasteiger partial charge in [-0.1, -0.05) is 13.3 Å². The lowest BCUT2D eigenvalue weighted by Crippen LogP contribution is -2.23. The fourth-order valence-corrected chi connectivity index (χ4v) is 2.28. The van der Waals surface area contributed by atoms with Crippen molar-refractivity contribution in [2.75, 3.05) is 11.1 Å². The van der Waals surface area contributed by atoms with E-state index in [0.29, 0.717) is 5.92 Å². The monoisotopic (exact) mass is 226 g/mol. The van der Waals surface area contributed by atoms with Crippen molar-refractivity contribution in [3.8, 4) is 0 Å². The minimum Gasteiger partial charge on any atom is -0.399 e. The molecule has 1 aromatic carbocycles. The molecule has 0 aliphatic heterocycles. The van der Waals surface area contributed by atoms with Gasteiger partial charge in [0.1, 0.15) is 5.69 Å². The maximum Gasteiger partial charge on any atom is 0.151 e. The van der Waals surface area contributed by atoms with Crippen LogP contribution in [0.25, 0.3) is 0 Å². The van der Waals surface area contributed by atoms with Crippen LogP contribution in [0.2, 0.25) is 0 Å². The van der Waals surface area contributed by atoms with Crippen molar-refractivity contribution in [1.82, 2.24) is 0 Å². The fraction of sp³-hybridized carbons (Fsp3) is 0.500. The normalized spacial score (nSPS) is 24.7. The Bertz CT molecular complexity index is 370. The summed E-state index contributed by atoms with van der Waals surface area (Å²) in [5, 5.41) is 2.95. The summed E-state index contributed by atoms with van der Waals surface area (Å²) in [5.41, 5.74) is 5.42. The number of halogens is 2. The Morgan fingerprint density at radius 1 is 1.25 bits per heavy atom. The second-order valence-electron chi connectivity index (χ2n) is 4.52. The maximum atomic E-state index is 13.5. The quantitative estimate of drug-likeness (QED) is 0.760. The van der Waals surface area contributed by atoms with E-state index in [1.807, 2.05) is 0 Å². The molecule has 0 heterocycles. The SMILES string of the molecule is CC1CCCC1Nc1c(F)cc(N)cc1F. The Morgan fingerprint density at radius 3 is 2.38 bits per heavy atom. The van der Waals surface area contributed by atoms with Gasteiger partial charge in [0.15, 0.2) is 11.6 Å². The molecule has 0 spiro atoms. The first-order valence-electron chi connectivity index (χ1n) is 5.59. The first-order valence-corrected chi connectivity index (χ1v) is 5.59. The highest BCUT2D eigenvalue weighted by Gasteiger charge is 2.25. The predicted molar refractivity (Wildman–Crippen MR) is 61.2 cm³/mol. The highest BCUT2D eigenvalue weighted by atomic mass is 19.1. The maximum absolute atomic E-state index is 13.5. The number of hydrogen-bond donors (Lipinski definition) is 2. The van der Waals surface area contributed by atoms with Crippen LogP contribution < -0.4 is 11.1 Å². The van der Waals surface area contributed by atoms with Crippen molar-refractivity contribution in [3.05, 3.63) is 23.8 Å². The molecule has 2 unspecified atom stereocenters. The van der Waals surface area contributed by atoms with Gasteiger partial charge in [0.05, 0.1) is 0 Å². The first-order chi connectivity index (χ1) is 7.58. The molecule has 1 fully saturated rings. The van der Waals surface area contributed by atoms with E-state index in [-0.39, 0.29) is 17.4 Å². The summed E-state index contributed by atoms with van der Waals surface area (Å²) < 4.78 is 27.0. The predicted octanol–water partition coefficient (Wildman–Crippen LogP) is 3.15. The van der Waals surface area contributed by atoms with E-state index in [1.165, 1.54) is 0 Å². The third kappa shape index (κ3) is 2.10. The molecule has 1 aliphatic carbocycles. The Kier molecular flexibility index (Phi) is 2.99. The van der Waals surface area contributed by atoms with E-state index in [9.17, 15) is 8.78 Å². The smallest absolute Gasteiger partial charge is 0.151 e. The molecule has 1 aromatic rings. The molecule has 88 valence electrons. The molecule has 1 saturated carbocycles. The van der Waals surface area contributed by atoms with E-state index in [4.69, 9.17) is 5.73 Å². The van der Waals surface area contributed by atoms with Crippen molar-refractivity contribution >= 4 is 11.4 Å². The summed E-state index contributed by atoms with van der Waals surface area (Å²) in [6, 6.07) is 2.45. The Labute approximate surface area is 93.8 Å². The summed E-state index contributed by atoms with van der Waals surface area (Å²) in [5.74, 6) is -0.774. The molecule has 0 bridgehead atoms. The molecule has 3 N–H and O–H groups in total. The van der Waals surface area contributed by atoms with Crippen molar-refractivity contribution in [2.24, 2.45) is 5.92 Å². The summed E-state index contributed by atoms with van der Waals surface area (Å²) in [6.45, 7) is 2.10. The van der Waals surface area contributed by atoms with Crippen LogP contribution in [0.5, 0.6) is 0 Å². The highest BCUT2D eigenvalue weighted by Crippen LogP contribution is 2.30. The van der Waals surface area contributed by atoms with Gasteiger partial charge in [-0.2, -0.15) is 0 Å². The van der Waals surface area contributed by atoms with Gasteiger partial charge in [0.2, 0.25) is 0 Å². The van der Waals surface area contributed by atoms with E-state index in [2.05, 4.69) is 12.2 Å². The van der Waals surface area contributed by atoms with Gasteiger partial charge in [0.25, 0.3) is 0 Å². The molecule has 0 saturated heterocycles. The molecule has 1 aliphatic rings. The molecule has 2 nitrogen and oxygen atoms in total. The van der Waals surface area contributed by atoms with Crippen molar-refractivity contribution in [2.45, 2.75) is 32.2 Å². The van der Waals surface area contributed by atoms with Crippen molar-refractivity contribution < 1.29 is 8.78 Å². The number of benzene rings is 1. The van der Waals surface area contributed by atoms with Crippen LogP contribution in [0.15, 0.2) is 12.1 Å². The van der Waals surface area contributed by atoms with Crippen molar-refractivity contribution in [3.63, 3.8) is 0 Å². The summed E-state index contributed by atoms with van der Waals surface area (Å²) in [4.78, 5) is 0. The van der Waals surface area contributed by atoms with E-state index in [1.54, 1.807) is 0 Å². The van der Waals surface area contributed by atoms with Crippen LogP contribution in [-0.4, -0.2) is 6.04 Å². The lowest BCUT2D eigenvalue weighted by molar-refractivity contribution is 0.537. The van der Waals surface area contributed by atoms with Gasteiger partial charge in [0, 0.05) is 11.7 Å². The topological polar surface area (TPSA) is 38.0 Å². The molecule has 0 amide bonds. The largest absolute Gasteiger partial charge is 0.399 e. The van der Waals surface area contributed by atoms with Crippen LogP contribution >= 0.6 is 0 Å². The van der Waals surface area contributed by atoms with Crippen LogP contribution in [-0.2, 0) is 0 Å². The molecule has 0 aromatic heterocycles. The number of nitrogens with two attached hydrogens (primary N) is 1. The second-order valence-corrected chi connectivity index (χ2v) is 4.52. The van der Waals surface area contributed by atoms with Gasteiger partial charge in [-0.3, -0.25) is 0 Å². The number of nitrogens with one attached hydrogen (secondary N) is 1. The van der Waals surface area contributed by atoms with E-state index >= 15 is 0 Å². The number of rotatable bonds is 2. The Morgan fingerprint density at radius 2 is 1.88 bits per heavy atom. The van der Waals surface area contributed by atoms with E-state index < -0.39 is 11.6 Å². The number of hydrogen-bond acceptors (Lipinski definition) is 2. The third-order valence-electron chi connectivity index (χ3n) is 3.26. The summed E-state index contributed by atoms with van der Waals surface area (Å²) in [6.07, 6.45) is 3.18. The zero-order valence-corrected chi connectivity index (χ0v) is 9.26. The zero-order chi connectivity index (χ0) is 11.7. The third-order valence-corrected chi connectivity index (χ3v) is 3.26. The first kappa shape index (κ1) is 11.2. The van der Waals surface area contributed by atoms with Gasteiger partial charge in [-0.25, -0.2) is 8.78 Å². The van der Waals surface area contributed by atoms with E-state index in [0.717, 1.165) is 31.4 Å². The van der Waals surface area contributed by atoms with Crippen LogP contribution in [0, 0.1) is 17.6 Å². The average molecular weight is 226 g/mol. The molecule has 0 radical (unpaired) electrons. The highest BCUT2D eigenvalue weighted by molar-refractivity contribution is 5.54. The van der Waals surface area contributed by atoms with Crippen LogP contribution in [0.4, 0.5) is 20.2 Å². The fourth-order valence-electron chi connectivity index (χ4n) is 2.28.